The predicted molar refractivity (Wildman–Crippen MR) is 89.6 cm³/mol. The molecule has 0 amide bonds. The standard InChI is InChI=1S/C19H30N2/c1-2-18-15-20-19(12-6-7-13-19)16-21(18)14-8-11-17-9-4-3-5-10-17/h3-5,9-10,18,20H,2,6-8,11-16H2,1H3. The zero-order valence-electron chi connectivity index (χ0n) is 13.5. The summed E-state index contributed by atoms with van der Waals surface area (Å²) in [4.78, 5) is 2.78. The van der Waals surface area contributed by atoms with Gasteiger partial charge < -0.3 is 5.32 Å². The van der Waals surface area contributed by atoms with Crippen LogP contribution < -0.4 is 5.32 Å². The van der Waals surface area contributed by atoms with Crippen LogP contribution in [-0.4, -0.2) is 36.1 Å². The molecule has 2 fully saturated rings. The van der Waals surface area contributed by atoms with Crippen molar-refractivity contribution in [3.05, 3.63) is 35.9 Å². The van der Waals surface area contributed by atoms with Crippen LogP contribution in [0.15, 0.2) is 30.3 Å². The van der Waals surface area contributed by atoms with Crippen LogP contribution in [0.25, 0.3) is 0 Å². The third kappa shape index (κ3) is 3.67. The minimum atomic E-state index is 0.457. The number of hydrogen-bond acceptors (Lipinski definition) is 2. The first kappa shape index (κ1) is 15.1. The molecule has 0 aromatic heterocycles. The summed E-state index contributed by atoms with van der Waals surface area (Å²) in [6.07, 6.45) is 9.39. The van der Waals surface area contributed by atoms with Crippen molar-refractivity contribution in [1.29, 1.82) is 0 Å². The fourth-order valence-corrected chi connectivity index (χ4v) is 4.22. The number of aryl methyl sites for hydroxylation is 1. The molecule has 2 aliphatic rings. The van der Waals surface area contributed by atoms with Crippen molar-refractivity contribution in [1.82, 2.24) is 10.2 Å². The maximum absolute atomic E-state index is 3.89. The molecule has 1 aromatic carbocycles. The molecule has 1 atom stereocenters. The summed E-state index contributed by atoms with van der Waals surface area (Å²) in [5.41, 5.74) is 1.94. The summed E-state index contributed by atoms with van der Waals surface area (Å²) < 4.78 is 0. The lowest BCUT2D eigenvalue weighted by Crippen LogP contribution is -2.63. The van der Waals surface area contributed by atoms with Crippen molar-refractivity contribution < 1.29 is 0 Å². The van der Waals surface area contributed by atoms with E-state index in [4.69, 9.17) is 0 Å². The second-order valence-electron chi connectivity index (χ2n) is 6.99. The Hall–Kier alpha value is -0.860. The van der Waals surface area contributed by atoms with E-state index in [2.05, 4.69) is 47.5 Å². The molecule has 1 aliphatic carbocycles. The molecule has 0 radical (unpaired) electrons. The average Bonchev–Trinajstić information content (AvgIpc) is 2.97. The maximum Gasteiger partial charge on any atom is 0.0309 e. The summed E-state index contributed by atoms with van der Waals surface area (Å²) in [6.45, 7) is 6.07. The third-order valence-electron chi connectivity index (χ3n) is 5.52. The summed E-state index contributed by atoms with van der Waals surface area (Å²) in [5, 5.41) is 3.89. The van der Waals surface area contributed by atoms with Crippen LogP contribution >= 0.6 is 0 Å². The number of piperazine rings is 1. The SMILES string of the molecule is CCC1CNC2(CCCC2)CN1CCCc1ccccc1. The number of nitrogens with zero attached hydrogens (tertiary/aromatic N) is 1. The van der Waals surface area contributed by atoms with E-state index in [1.807, 2.05) is 0 Å². The first-order chi connectivity index (χ1) is 10.3. The smallest absolute Gasteiger partial charge is 0.0309 e. The van der Waals surface area contributed by atoms with Gasteiger partial charge in [0.15, 0.2) is 0 Å². The molecular weight excluding hydrogens is 256 g/mol. The highest BCUT2D eigenvalue weighted by molar-refractivity contribution is 5.14. The van der Waals surface area contributed by atoms with E-state index in [0.29, 0.717) is 5.54 Å². The molecule has 2 nitrogen and oxygen atoms in total. The lowest BCUT2D eigenvalue weighted by Gasteiger charge is -2.46. The van der Waals surface area contributed by atoms with Gasteiger partial charge in [0.2, 0.25) is 0 Å². The predicted octanol–water partition coefficient (Wildman–Crippen LogP) is 3.62. The van der Waals surface area contributed by atoms with Crippen LogP contribution in [-0.2, 0) is 6.42 Å². The molecule has 21 heavy (non-hydrogen) atoms. The van der Waals surface area contributed by atoms with E-state index >= 15 is 0 Å². The zero-order valence-corrected chi connectivity index (χ0v) is 13.5. The fourth-order valence-electron chi connectivity index (χ4n) is 4.22. The average molecular weight is 286 g/mol. The van der Waals surface area contributed by atoms with Crippen molar-refractivity contribution in [2.24, 2.45) is 0 Å². The molecule has 116 valence electrons. The van der Waals surface area contributed by atoms with Crippen molar-refractivity contribution in [2.45, 2.75) is 63.5 Å². The Morgan fingerprint density at radius 3 is 2.67 bits per heavy atom. The van der Waals surface area contributed by atoms with Crippen LogP contribution in [0.2, 0.25) is 0 Å². The maximum atomic E-state index is 3.89. The quantitative estimate of drug-likeness (QED) is 0.889. The van der Waals surface area contributed by atoms with Crippen molar-refractivity contribution in [3.63, 3.8) is 0 Å². The van der Waals surface area contributed by atoms with Crippen LogP contribution in [0.1, 0.15) is 51.0 Å². The van der Waals surface area contributed by atoms with Gasteiger partial charge in [-0.15, -0.1) is 0 Å². The summed E-state index contributed by atoms with van der Waals surface area (Å²) in [7, 11) is 0. The molecule has 0 bridgehead atoms. The molecule has 2 heteroatoms. The number of rotatable bonds is 5. The van der Waals surface area contributed by atoms with E-state index in [0.717, 1.165) is 6.04 Å². The molecule has 1 unspecified atom stereocenters. The largest absolute Gasteiger partial charge is 0.308 e. The summed E-state index contributed by atoms with van der Waals surface area (Å²) in [6, 6.07) is 11.7. The zero-order chi connectivity index (χ0) is 14.5. The molecular formula is C19H30N2. The number of nitrogens with one attached hydrogen (secondary N) is 1. The summed E-state index contributed by atoms with van der Waals surface area (Å²) >= 11 is 0. The van der Waals surface area contributed by atoms with Gasteiger partial charge in [-0.25, -0.2) is 0 Å². The minimum absolute atomic E-state index is 0.457. The van der Waals surface area contributed by atoms with Crippen LogP contribution in [0.4, 0.5) is 0 Å². The third-order valence-corrected chi connectivity index (χ3v) is 5.52. The molecule has 1 spiro atoms. The van der Waals surface area contributed by atoms with Crippen molar-refractivity contribution in [3.8, 4) is 0 Å². The second-order valence-corrected chi connectivity index (χ2v) is 6.99. The molecule has 1 heterocycles. The molecule has 1 N–H and O–H groups in total. The van der Waals surface area contributed by atoms with Gasteiger partial charge in [-0.3, -0.25) is 4.90 Å². The first-order valence-electron chi connectivity index (χ1n) is 8.84. The van der Waals surface area contributed by atoms with Crippen LogP contribution in [0.5, 0.6) is 0 Å². The second kappa shape index (κ2) is 6.93. The Labute approximate surface area is 129 Å². The molecule has 1 aromatic rings. The monoisotopic (exact) mass is 286 g/mol. The van der Waals surface area contributed by atoms with E-state index in [1.54, 1.807) is 0 Å². The van der Waals surface area contributed by atoms with Gasteiger partial charge >= 0.3 is 0 Å². The highest BCUT2D eigenvalue weighted by atomic mass is 15.3. The highest BCUT2D eigenvalue weighted by Gasteiger charge is 2.40. The first-order valence-corrected chi connectivity index (χ1v) is 8.84. The van der Waals surface area contributed by atoms with Gasteiger partial charge in [0.1, 0.15) is 0 Å². The topological polar surface area (TPSA) is 15.3 Å². The van der Waals surface area contributed by atoms with Gasteiger partial charge in [-0.05, 0) is 44.2 Å². The Balaban J connectivity index is 1.53. The normalized spacial score (nSPS) is 25.5. The van der Waals surface area contributed by atoms with Gasteiger partial charge in [-0.2, -0.15) is 0 Å². The Morgan fingerprint density at radius 1 is 1.19 bits per heavy atom. The Kier molecular flexibility index (Phi) is 4.97. The van der Waals surface area contributed by atoms with Gasteiger partial charge in [0, 0.05) is 24.7 Å². The van der Waals surface area contributed by atoms with Gasteiger partial charge in [-0.1, -0.05) is 50.1 Å². The van der Waals surface area contributed by atoms with Gasteiger partial charge in [0.05, 0.1) is 0 Å². The van der Waals surface area contributed by atoms with Crippen LogP contribution in [0, 0.1) is 0 Å². The molecule has 1 saturated carbocycles. The van der Waals surface area contributed by atoms with Crippen molar-refractivity contribution in [2.75, 3.05) is 19.6 Å². The van der Waals surface area contributed by atoms with Crippen LogP contribution in [0.3, 0.4) is 0 Å². The van der Waals surface area contributed by atoms with E-state index in [9.17, 15) is 0 Å². The number of hydrogen-bond donors (Lipinski definition) is 1. The number of benzene rings is 1. The van der Waals surface area contributed by atoms with E-state index in [1.165, 1.54) is 70.1 Å². The summed E-state index contributed by atoms with van der Waals surface area (Å²) in [5.74, 6) is 0. The molecule has 1 aliphatic heterocycles. The fraction of sp³-hybridized carbons (Fsp3) is 0.684. The molecule has 3 rings (SSSR count). The van der Waals surface area contributed by atoms with E-state index in [-0.39, 0.29) is 0 Å². The van der Waals surface area contributed by atoms with E-state index < -0.39 is 0 Å². The van der Waals surface area contributed by atoms with Crippen molar-refractivity contribution >= 4 is 0 Å². The molecule has 1 saturated heterocycles. The Bertz CT molecular complexity index is 422. The van der Waals surface area contributed by atoms with Gasteiger partial charge in [0.25, 0.3) is 0 Å². The highest BCUT2D eigenvalue weighted by Crippen LogP contribution is 2.33. The minimum Gasteiger partial charge on any atom is -0.308 e. The lowest BCUT2D eigenvalue weighted by molar-refractivity contribution is 0.0774. The Morgan fingerprint density at radius 2 is 1.95 bits per heavy atom. The lowest BCUT2D eigenvalue weighted by atomic mass is 9.91.